The van der Waals surface area contributed by atoms with Crippen LogP contribution in [0.5, 0.6) is 0 Å². The number of hydrogen-bond donors (Lipinski definition) is 1. The fourth-order valence-electron chi connectivity index (χ4n) is 4.11. The third kappa shape index (κ3) is 1.42. The summed E-state index contributed by atoms with van der Waals surface area (Å²) in [7, 11) is 0. The number of carbonyl (C=O) groups is 2. The average Bonchev–Trinajstić information content (AvgIpc) is 3.01. The minimum Gasteiger partial charge on any atom is -0.467 e. The normalized spacial score (nSPS) is 34.5. The second kappa shape index (κ2) is 3.96. The molecule has 108 valence electrons. The van der Waals surface area contributed by atoms with Crippen molar-refractivity contribution in [3.8, 4) is 0 Å². The summed E-state index contributed by atoms with van der Waals surface area (Å²) < 4.78 is 5.23. The number of Topliss-reactive ketones (excluding diaryl/α,β-unsaturated/α-hetero) is 1. The minimum atomic E-state index is -0.550. The van der Waals surface area contributed by atoms with Crippen molar-refractivity contribution in [2.45, 2.75) is 46.6 Å². The lowest BCUT2D eigenvalue weighted by Gasteiger charge is -2.38. The Labute approximate surface area is 118 Å². The van der Waals surface area contributed by atoms with Crippen LogP contribution in [-0.4, -0.2) is 11.7 Å². The van der Waals surface area contributed by atoms with Crippen molar-refractivity contribution in [3.05, 3.63) is 24.2 Å². The Kier molecular flexibility index (Phi) is 2.66. The van der Waals surface area contributed by atoms with Crippen molar-refractivity contribution < 1.29 is 14.0 Å². The molecule has 2 atom stereocenters. The van der Waals surface area contributed by atoms with Gasteiger partial charge in [-0.05, 0) is 30.4 Å². The summed E-state index contributed by atoms with van der Waals surface area (Å²) in [4.78, 5) is 25.0. The van der Waals surface area contributed by atoms with Gasteiger partial charge in [0, 0.05) is 11.8 Å². The monoisotopic (exact) mass is 275 g/mol. The molecule has 4 heteroatoms. The Bertz CT molecular complexity index is 560. The minimum absolute atomic E-state index is 0.00604. The first kappa shape index (κ1) is 13.4. The second-order valence-electron chi connectivity index (χ2n) is 6.90. The molecule has 4 nitrogen and oxygen atoms in total. The predicted octanol–water partition coefficient (Wildman–Crippen LogP) is 2.68. The van der Waals surface area contributed by atoms with Crippen LogP contribution in [-0.2, 0) is 16.1 Å². The summed E-state index contributed by atoms with van der Waals surface area (Å²) in [5, 5.41) is 2.95. The van der Waals surface area contributed by atoms with Gasteiger partial charge in [0.15, 0.2) is 0 Å². The number of ketones is 1. The second-order valence-corrected chi connectivity index (χ2v) is 6.90. The third-order valence-electron chi connectivity index (χ3n) is 6.14. The number of rotatable bonds is 3. The molecule has 20 heavy (non-hydrogen) atoms. The Morgan fingerprint density at radius 2 is 2.10 bits per heavy atom. The molecule has 2 aliphatic carbocycles. The lowest BCUT2D eigenvalue weighted by Crippen LogP contribution is -2.46. The highest BCUT2D eigenvalue weighted by molar-refractivity contribution is 5.99. The fraction of sp³-hybridized carbons (Fsp3) is 0.625. The van der Waals surface area contributed by atoms with E-state index in [2.05, 4.69) is 19.2 Å². The van der Waals surface area contributed by atoms with Gasteiger partial charge in [-0.2, -0.15) is 0 Å². The van der Waals surface area contributed by atoms with Crippen molar-refractivity contribution in [3.63, 3.8) is 0 Å². The van der Waals surface area contributed by atoms with Gasteiger partial charge in [0.2, 0.25) is 5.91 Å². The topological polar surface area (TPSA) is 59.3 Å². The van der Waals surface area contributed by atoms with Crippen molar-refractivity contribution >= 4 is 11.7 Å². The first-order chi connectivity index (χ1) is 9.33. The molecule has 2 saturated carbocycles. The van der Waals surface area contributed by atoms with Crippen LogP contribution in [0.15, 0.2) is 22.8 Å². The SMILES string of the molecule is CC1(C)[C@@]2(C(=O)NCc3ccco3)CC[C@]1(C)C(=O)C2. The molecule has 0 unspecified atom stereocenters. The molecule has 1 aromatic rings. The highest BCUT2D eigenvalue weighted by Gasteiger charge is 2.72. The summed E-state index contributed by atoms with van der Waals surface area (Å²) in [5.41, 5.74) is -1.19. The Morgan fingerprint density at radius 1 is 1.35 bits per heavy atom. The van der Waals surface area contributed by atoms with Gasteiger partial charge in [-0.1, -0.05) is 20.8 Å². The molecular weight excluding hydrogens is 254 g/mol. The van der Waals surface area contributed by atoms with Crippen LogP contribution in [0.1, 0.15) is 45.8 Å². The Hall–Kier alpha value is -1.58. The zero-order valence-corrected chi connectivity index (χ0v) is 12.3. The first-order valence-corrected chi connectivity index (χ1v) is 7.17. The van der Waals surface area contributed by atoms with Gasteiger partial charge >= 0.3 is 0 Å². The lowest BCUT2D eigenvalue weighted by atomic mass is 9.64. The molecule has 1 aromatic heterocycles. The van der Waals surface area contributed by atoms with Crippen LogP contribution in [0.4, 0.5) is 0 Å². The predicted molar refractivity (Wildman–Crippen MR) is 73.7 cm³/mol. The van der Waals surface area contributed by atoms with Gasteiger partial charge in [-0.25, -0.2) is 0 Å². The quantitative estimate of drug-likeness (QED) is 0.922. The van der Waals surface area contributed by atoms with Gasteiger partial charge < -0.3 is 9.73 Å². The zero-order valence-electron chi connectivity index (χ0n) is 12.3. The number of fused-ring (bicyclic) bond motifs is 2. The van der Waals surface area contributed by atoms with Crippen LogP contribution in [0, 0.1) is 16.2 Å². The summed E-state index contributed by atoms with van der Waals surface area (Å²) in [6.07, 6.45) is 3.58. The third-order valence-corrected chi connectivity index (χ3v) is 6.14. The summed E-state index contributed by atoms with van der Waals surface area (Å²) in [6, 6.07) is 3.64. The molecule has 3 rings (SSSR count). The van der Waals surface area contributed by atoms with Crippen molar-refractivity contribution in [2.24, 2.45) is 16.2 Å². The molecule has 1 heterocycles. The van der Waals surface area contributed by atoms with E-state index >= 15 is 0 Å². The number of amides is 1. The molecular formula is C16H21NO3. The smallest absolute Gasteiger partial charge is 0.227 e. The molecule has 2 bridgehead atoms. The summed E-state index contributed by atoms with van der Waals surface area (Å²) >= 11 is 0. The van der Waals surface area contributed by atoms with Crippen LogP contribution in [0.3, 0.4) is 0 Å². The summed E-state index contributed by atoms with van der Waals surface area (Å²) in [5.74, 6) is 0.966. The van der Waals surface area contributed by atoms with Crippen LogP contribution in [0.2, 0.25) is 0 Å². The fourth-order valence-corrected chi connectivity index (χ4v) is 4.11. The standard InChI is InChI=1S/C16H21NO3/c1-14(2)15(3)6-7-16(14,9-12(15)18)13(19)17-10-11-5-4-8-20-11/h4-5,8H,6-7,9-10H2,1-3H3,(H,17,19)/t15-,16+/m1/s1. The largest absolute Gasteiger partial charge is 0.467 e. The van der Waals surface area contributed by atoms with Crippen LogP contribution in [0.25, 0.3) is 0 Å². The van der Waals surface area contributed by atoms with Gasteiger partial charge in [-0.15, -0.1) is 0 Å². The van der Waals surface area contributed by atoms with Gasteiger partial charge in [0.05, 0.1) is 18.2 Å². The average molecular weight is 275 g/mol. The van der Waals surface area contributed by atoms with Gasteiger partial charge in [0.25, 0.3) is 0 Å². The Balaban J connectivity index is 1.82. The van der Waals surface area contributed by atoms with E-state index in [-0.39, 0.29) is 22.5 Å². The molecule has 2 fully saturated rings. The van der Waals surface area contributed by atoms with E-state index in [9.17, 15) is 9.59 Å². The van der Waals surface area contributed by atoms with Crippen molar-refractivity contribution in [1.82, 2.24) is 5.32 Å². The van der Waals surface area contributed by atoms with E-state index in [0.717, 1.165) is 18.6 Å². The number of furan rings is 1. The molecule has 0 radical (unpaired) electrons. The maximum atomic E-state index is 12.7. The van der Waals surface area contributed by atoms with E-state index in [4.69, 9.17) is 4.42 Å². The molecule has 2 aliphatic rings. The van der Waals surface area contributed by atoms with E-state index < -0.39 is 5.41 Å². The first-order valence-electron chi connectivity index (χ1n) is 7.17. The Morgan fingerprint density at radius 3 is 2.60 bits per heavy atom. The van der Waals surface area contributed by atoms with E-state index in [1.165, 1.54) is 0 Å². The van der Waals surface area contributed by atoms with Crippen LogP contribution >= 0.6 is 0 Å². The maximum Gasteiger partial charge on any atom is 0.227 e. The molecule has 1 N–H and O–H groups in total. The number of nitrogens with one attached hydrogen (secondary N) is 1. The van der Waals surface area contributed by atoms with Gasteiger partial charge in [-0.3, -0.25) is 9.59 Å². The summed E-state index contributed by atoms with van der Waals surface area (Å²) in [6.45, 7) is 6.53. The number of carbonyl (C=O) groups excluding carboxylic acids is 2. The van der Waals surface area contributed by atoms with Gasteiger partial charge in [0.1, 0.15) is 11.5 Å². The van der Waals surface area contributed by atoms with Crippen molar-refractivity contribution in [1.29, 1.82) is 0 Å². The maximum absolute atomic E-state index is 12.7. The molecule has 0 aliphatic heterocycles. The van der Waals surface area contributed by atoms with Crippen molar-refractivity contribution in [2.75, 3.05) is 0 Å². The molecule has 1 amide bonds. The molecule has 0 spiro atoms. The zero-order chi connectivity index (χ0) is 14.6. The van der Waals surface area contributed by atoms with Crippen LogP contribution < -0.4 is 5.32 Å². The molecule has 0 aromatic carbocycles. The van der Waals surface area contributed by atoms with E-state index in [1.54, 1.807) is 12.3 Å². The lowest BCUT2D eigenvalue weighted by molar-refractivity contribution is -0.136. The van der Waals surface area contributed by atoms with E-state index in [1.807, 2.05) is 13.0 Å². The number of hydrogen-bond acceptors (Lipinski definition) is 3. The van der Waals surface area contributed by atoms with E-state index in [0.29, 0.717) is 13.0 Å². The molecule has 0 saturated heterocycles. The highest BCUT2D eigenvalue weighted by Crippen LogP contribution is 2.70. The highest BCUT2D eigenvalue weighted by atomic mass is 16.3.